The highest BCUT2D eigenvalue weighted by Crippen LogP contribution is 2.15. The summed E-state index contributed by atoms with van der Waals surface area (Å²) in [7, 11) is 5.85. The summed E-state index contributed by atoms with van der Waals surface area (Å²) in [5, 5.41) is 0. The van der Waals surface area contributed by atoms with Crippen molar-refractivity contribution in [2.45, 2.75) is 18.9 Å². The molecule has 1 fully saturated rings. The number of hydrogen-bond acceptors (Lipinski definition) is 3. The van der Waals surface area contributed by atoms with Gasteiger partial charge in [0.25, 0.3) is 5.91 Å². The molecule has 0 unspecified atom stereocenters. The fraction of sp³-hybridized carbons (Fsp3) is 0.667. The molecule has 2 heterocycles. The first-order valence-electron chi connectivity index (χ1n) is 6.02. The molecule has 5 heteroatoms. The molecule has 1 saturated heterocycles. The molecule has 17 heavy (non-hydrogen) atoms. The number of carbonyl (C=O) groups is 1. The molecule has 0 bridgehead atoms. The third-order valence-electron chi connectivity index (χ3n) is 3.57. The van der Waals surface area contributed by atoms with Crippen molar-refractivity contribution < 1.29 is 4.79 Å². The molecule has 1 amide bonds. The molecule has 0 spiro atoms. The van der Waals surface area contributed by atoms with E-state index in [-0.39, 0.29) is 5.91 Å². The van der Waals surface area contributed by atoms with Gasteiger partial charge in [-0.15, -0.1) is 0 Å². The Hall–Kier alpha value is -1.36. The zero-order valence-corrected chi connectivity index (χ0v) is 10.8. The van der Waals surface area contributed by atoms with E-state index in [1.165, 1.54) is 0 Å². The van der Waals surface area contributed by atoms with E-state index in [4.69, 9.17) is 0 Å². The van der Waals surface area contributed by atoms with Crippen LogP contribution in [0.4, 0.5) is 0 Å². The molecule has 1 aliphatic rings. The Kier molecular flexibility index (Phi) is 3.47. The maximum Gasteiger partial charge on any atom is 0.289 e. The van der Waals surface area contributed by atoms with Crippen LogP contribution in [0.25, 0.3) is 0 Å². The number of rotatable bonds is 2. The van der Waals surface area contributed by atoms with E-state index < -0.39 is 0 Å². The molecule has 1 aromatic heterocycles. The average molecular weight is 236 g/mol. The highest BCUT2D eigenvalue weighted by Gasteiger charge is 2.26. The van der Waals surface area contributed by atoms with Gasteiger partial charge < -0.3 is 14.4 Å². The molecule has 0 atom stereocenters. The molecular weight excluding hydrogens is 216 g/mol. The van der Waals surface area contributed by atoms with Crippen LogP contribution in [0.2, 0.25) is 0 Å². The number of nitrogens with zero attached hydrogens (tertiary/aromatic N) is 4. The Bertz CT molecular complexity index is 393. The van der Waals surface area contributed by atoms with Crippen molar-refractivity contribution in [3.05, 3.63) is 18.2 Å². The van der Waals surface area contributed by atoms with Crippen molar-refractivity contribution in [2.75, 3.05) is 27.2 Å². The van der Waals surface area contributed by atoms with Gasteiger partial charge in [0.1, 0.15) is 0 Å². The minimum Gasteiger partial charge on any atom is -0.336 e. The number of amides is 1. The molecule has 94 valence electrons. The van der Waals surface area contributed by atoms with Crippen LogP contribution in [0, 0.1) is 0 Å². The number of carbonyl (C=O) groups excluding carboxylic acids is 1. The predicted octanol–water partition coefficient (Wildman–Crippen LogP) is 0.586. The smallest absolute Gasteiger partial charge is 0.289 e. The van der Waals surface area contributed by atoms with E-state index in [1.807, 2.05) is 19.0 Å². The Morgan fingerprint density at radius 2 is 2.06 bits per heavy atom. The lowest BCUT2D eigenvalue weighted by Gasteiger charge is -2.34. The van der Waals surface area contributed by atoms with Crippen LogP contribution in [0.1, 0.15) is 23.5 Å². The van der Waals surface area contributed by atoms with Gasteiger partial charge in [-0.1, -0.05) is 0 Å². The SMILES string of the molecule is CN1CCC(N(C)C(=O)c2nccn2C)CC1. The van der Waals surface area contributed by atoms with Crippen molar-refractivity contribution in [2.24, 2.45) is 7.05 Å². The summed E-state index contributed by atoms with van der Waals surface area (Å²) < 4.78 is 1.77. The maximum atomic E-state index is 12.2. The van der Waals surface area contributed by atoms with E-state index in [0.717, 1.165) is 25.9 Å². The number of likely N-dealkylation sites (tertiary alicyclic amines) is 1. The van der Waals surface area contributed by atoms with Crippen LogP contribution >= 0.6 is 0 Å². The van der Waals surface area contributed by atoms with Gasteiger partial charge in [0, 0.05) is 32.5 Å². The number of aryl methyl sites for hydroxylation is 1. The molecule has 1 aromatic rings. The molecule has 0 N–H and O–H groups in total. The van der Waals surface area contributed by atoms with Crippen LogP contribution in [-0.2, 0) is 7.05 Å². The third-order valence-corrected chi connectivity index (χ3v) is 3.57. The highest BCUT2D eigenvalue weighted by atomic mass is 16.2. The summed E-state index contributed by atoms with van der Waals surface area (Å²) in [6.07, 6.45) is 5.55. The number of piperidine rings is 1. The molecule has 0 aromatic carbocycles. The van der Waals surface area contributed by atoms with Gasteiger partial charge >= 0.3 is 0 Å². The lowest BCUT2D eigenvalue weighted by Crippen LogP contribution is -2.45. The van der Waals surface area contributed by atoms with E-state index in [0.29, 0.717) is 11.9 Å². The van der Waals surface area contributed by atoms with Crippen LogP contribution in [0.5, 0.6) is 0 Å². The summed E-state index contributed by atoms with van der Waals surface area (Å²) in [5.41, 5.74) is 0. The molecule has 1 aliphatic heterocycles. The van der Waals surface area contributed by atoms with Gasteiger partial charge in [0.15, 0.2) is 5.82 Å². The summed E-state index contributed by atoms with van der Waals surface area (Å²) >= 11 is 0. The molecule has 0 aliphatic carbocycles. The quantitative estimate of drug-likeness (QED) is 0.754. The Morgan fingerprint density at radius 1 is 1.41 bits per heavy atom. The van der Waals surface area contributed by atoms with E-state index in [2.05, 4.69) is 16.9 Å². The minimum atomic E-state index is 0.0204. The normalized spacial score (nSPS) is 18.3. The van der Waals surface area contributed by atoms with Crippen molar-refractivity contribution in [1.29, 1.82) is 0 Å². The number of imidazole rings is 1. The van der Waals surface area contributed by atoms with Gasteiger partial charge in [0.05, 0.1) is 0 Å². The molecular formula is C12H20N4O. The van der Waals surface area contributed by atoms with Crippen molar-refractivity contribution in [3.63, 3.8) is 0 Å². The van der Waals surface area contributed by atoms with Gasteiger partial charge in [-0.05, 0) is 33.0 Å². The molecule has 2 rings (SSSR count). The first kappa shape index (κ1) is 12.1. The number of hydrogen-bond donors (Lipinski definition) is 0. The van der Waals surface area contributed by atoms with Crippen molar-refractivity contribution >= 4 is 5.91 Å². The van der Waals surface area contributed by atoms with Crippen LogP contribution in [0.15, 0.2) is 12.4 Å². The van der Waals surface area contributed by atoms with Crippen molar-refractivity contribution in [3.8, 4) is 0 Å². The van der Waals surface area contributed by atoms with Gasteiger partial charge in [-0.2, -0.15) is 0 Å². The fourth-order valence-corrected chi connectivity index (χ4v) is 2.28. The van der Waals surface area contributed by atoms with E-state index in [9.17, 15) is 4.79 Å². The van der Waals surface area contributed by atoms with Gasteiger partial charge in [-0.25, -0.2) is 4.98 Å². The molecule has 5 nitrogen and oxygen atoms in total. The van der Waals surface area contributed by atoms with Crippen LogP contribution in [-0.4, -0.2) is 58.5 Å². The van der Waals surface area contributed by atoms with Crippen LogP contribution in [0.3, 0.4) is 0 Å². The predicted molar refractivity (Wildman–Crippen MR) is 65.8 cm³/mol. The second-order valence-electron chi connectivity index (χ2n) is 4.81. The topological polar surface area (TPSA) is 41.4 Å². The summed E-state index contributed by atoms with van der Waals surface area (Å²) in [5.74, 6) is 0.540. The average Bonchev–Trinajstić information content (AvgIpc) is 2.74. The molecule has 0 radical (unpaired) electrons. The zero-order chi connectivity index (χ0) is 12.4. The van der Waals surface area contributed by atoms with Crippen molar-refractivity contribution in [1.82, 2.24) is 19.4 Å². The lowest BCUT2D eigenvalue weighted by atomic mass is 10.0. The Morgan fingerprint density at radius 3 is 2.59 bits per heavy atom. The maximum absolute atomic E-state index is 12.2. The summed E-state index contributed by atoms with van der Waals surface area (Å²) in [4.78, 5) is 20.5. The van der Waals surface area contributed by atoms with Crippen LogP contribution < -0.4 is 0 Å². The monoisotopic (exact) mass is 236 g/mol. The lowest BCUT2D eigenvalue weighted by molar-refractivity contribution is 0.0644. The standard InChI is InChI=1S/C12H20N4O/c1-14-7-4-10(5-8-14)16(3)12(17)11-13-6-9-15(11)2/h6,9-10H,4-5,7-8H2,1-3H3. The highest BCUT2D eigenvalue weighted by molar-refractivity contribution is 5.90. The number of aromatic nitrogens is 2. The second kappa shape index (κ2) is 4.87. The third kappa shape index (κ3) is 2.49. The van der Waals surface area contributed by atoms with E-state index >= 15 is 0 Å². The van der Waals surface area contributed by atoms with Gasteiger partial charge in [-0.3, -0.25) is 4.79 Å². The minimum absolute atomic E-state index is 0.0204. The second-order valence-corrected chi connectivity index (χ2v) is 4.81. The van der Waals surface area contributed by atoms with Gasteiger partial charge in [0.2, 0.25) is 0 Å². The largest absolute Gasteiger partial charge is 0.336 e. The molecule has 0 saturated carbocycles. The Labute approximate surface area is 102 Å². The Balaban J connectivity index is 2.03. The van der Waals surface area contributed by atoms with E-state index in [1.54, 1.807) is 17.0 Å². The zero-order valence-electron chi connectivity index (χ0n) is 10.8. The first-order chi connectivity index (χ1) is 8.09. The summed E-state index contributed by atoms with van der Waals surface area (Å²) in [6.45, 7) is 2.12. The first-order valence-corrected chi connectivity index (χ1v) is 6.02. The summed E-state index contributed by atoms with van der Waals surface area (Å²) in [6, 6.07) is 0.343. The fourth-order valence-electron chi connectivity index (χ4n) is 2.28.